The third kappa shape index (κ3) is 2.19. The molecule has 5 nitrogen and oxygen atoms in total. The van der Waals surface area contributed by atoms with Crippen LogP contribution in [0.25, 0.3) is 0 Å². The van der Waals surface area contributed by atoms with Gasteiger partial charge in [0.05, 0.1) is 11.3 Å². The third-order valence-electron chi connectivity index (χ3n) is 2.33. The van der Waals surface area contributed by atoms with Crippen molar-refractivity contribution in [3.05, 3.63) is 0 Å². The summed E-state index contributed by atoms with van der Waals surface area (Å²) < 4.78 is 24.0. The van der Waals surface area contributed by atoms with Gasteiger partial charge in [0.15, 0.2) is 0 Å². The van der Waals surface area contributed by atoms with Crippen molar-refractivity contribution in [2.75, 3.05) is 5.75 Å². The van der Waals surface area contributed by atoms with E-state index in [4.69, 9.17) is 5.73 Å². The molecule has 0 bridgehead atoms. The maximum Gasteiger partial charge on any atom is 0.253 e. The van der Waals surface area contributed by atoms with Crippen molar-refractivity contribution in [1.82, 2.24) is 4.72 Å². The van der Waals surface area contributed by atoms with Crippen molar-refractivity contribution >= 4 is 15.9 Å². The average Bonchev–Trinajstić information content (AvgIpc) is 1.99. The SMILES string of the molecule is CCS(=O)(=O)NC(=O)C1(N)CCC1. The van der Waals surface area contributed by atoms with Crippen molar-refractivity contribution in [1.29, 1.82) is 0 Å². The van der Waals surface area contributed by atoms with E-state index in [1.54, 1.807) is 0 Å². The second-order valence-electron chi connectivity index (χ2n) is 3.34. The van der Waals surface area contributed by atoms with Gasteiger partial charge in [0.25, 0.3) is 5.91 Å². The first-order valence-corrected chi connectivity index (χ1v) is 5.89. The molecule has 0 aromatic heterocycles. The predicted octanol–water partition coefficient (Wildman–Crippen LogP) is -0.666. The average molecular weight is 206 g/mol. The van der Waals surface area contributed by atoms with Crippen molar-refractivity contribution in [2.24, 2.45) is 5.73 Å². The first-order valence-electron chi connectivity index (χ1n) is 4.23. The number of rotatable bonds is 3. The largest absolute Gasteiger partial charge is 0.317 e. The Balaban J connectivity index is 2.60. The summed E-state index contributed by atoms with van der Waals surface area (Å²) in [6.45, 7) is 1.47. The Morgan fingerprint density at radius 3 is 2.38 bits per heavy atom. The van der Waals surface area contributed by atoms with Gasteiger partial charge >= 0.3 is 0 Å². The molecule has 1 aliphatic carbocycles. The van der Waals surface area contributed by atoms with Gasteiger partial charge < -0.3 is 5.73 Å². The van der Waals surface area contributed by atoms with Gasteiger partial charge in [-0.1, -0.05) is 0 Å². The van der Waals surface area contributed by atoms with E-state index >= 15 is 0 Å². The molecule has 76 valence electrons. The van der Waals surface area contributed by atoms with Crippen molar-refractivity contribution < 1.29 is 13.2 Å². The summed E-state index contributed by atoms with van der Waals surface area (Å²) in [7, 11) is -3.46. The second-order valence-corrected chi connectivity index (χ2v) is 5.36. The summed E-state index contributed by atoms with van der Waals surface area (Å²) in [4.78, 5) is 11.3. The Labute approximate surface area is 77.7 Å². The lowest BCUT2D eigenvalue weighted by Gasteiger charge is -2.35. The van der Waals surface area contributed by atoms with Crippen LogP contribution in [0, 0.1) is 0 Å². The van der Waals surface area contributed by atoms with Crippen LogP contribution in [0.1, 0.15) is 26.2 Å². The number of carbonyl (C=O) groups excluding carboxylic acids is 1. The van der Waals surface area contributed by atoms with Gasteiger partial charge in [-0.15, -0.1) is 0 Å². The van der Waals surface area contributed by atoms with E-state index in [0.717, 1.165) is 6.42 Å². The van der Waals surface area contributed by atoms with Crippen molar-refractivity contribution in [3.63, 3.8) is 0 Å². The van der Waals surface area contributed by atoms with Gasteiger partial charge in [0.1, 0.15) is 0 Å². The number of carbonyl (C=O) groups is 1. The van der Waals surface area contributed by atoms with E-state index in [-0.39, 0.29) is 5.75 Å². The quantitative estimate of drug-likeness (QED) is 0.641. The standard InChI is InChI=1S/C7H14N2O3S/c1-2-13(11,12)9-6(10)7(8)4-3-5-7/h2-5,8H2,1H3,(H,9,10). The van der Waals surface area contributed by atoms with E-state index < -0.39 is 21.5 Å². The zero-order valence-electron chi connectivity index (χ0n) is 7.54. The number of hydrogen-bond acceptors (Lipinski definition) is 4. The zero-order chi connectivity index (χ0) is 10.1. The minimum Gasteiger partial charge on any atom is -0.317 e. The molecule has 0 radical (unpaired) electrons. The lowest BCUT2D eigenvalue weighted by molar-refractivity contribution is -0.127. The van der Waals surface area contributed by atoms with Crippen LogP contribution in [0.15, 0.2) is 0 Å². The minimum absolute atomic E-state index is 0.102. The number of nitrogens with two attached hydrogens (primary N) is 1. The fourth-order valence-corrected chi connectivity index (χ4v) is 1.73. The highest BCUT2D eigenvalue weighted by Crippen LogP contribution is 2.29. The van der Waals surface area contributed by atoms with Crippen LogP contribution in [0.2, 0.25) is 0 Å². The molecule has 0 atom stereocenters. The van der Waals surface area contributed by atoms with Crippen molar-refractivity contribution in [2.45, 2.75) is 31.7 Å². The summed E-state index contributed by atoms with van der Waals surface area (Å²) in [6, 6.07) is 0. The van der Waals surface area contributed by atoms with Crippen LogP contribution >= 0.6 is 0 Å². The molecule has 1 fully saturated rings. The molecule has 0 unspecified atom stereocenters. The molecule has 0 aromatic carbocycles. The summed E-state index contributed by atoms with van der Waals surface area (Å²) in [5.74, 6) is -0.671. The Bertz CT molecular complexity index is 306. The number of sulfonamides is 1. The zero-order valence-corrected chi connectivity index (χ0v) is 8.36. The molecule has 3 N–H and O–H groups in total. The molecule has 0 spiro atoms. The lowest BCUT2D eigenvalue weighted by Crippen LogP contribution is -2.59. The summed E-state index contributed by atoms with van der Waals surface area (Å²) >= 11 is 0. The lowest BCUT2D eigenvalue weighted by atomic mass is 9.77. The fourth-order valence-electron chi connectivity index (χ4n) is 1.10. The maximum absolute atomic E-state index is 11.3. The number of amides is 1. The number of nitrogens with one attached hydrogen (secondary N) is 1. The van der Waals surface area contributed by atoms with E-state index in [9.17, 15) is 13.2 Å². The van der Waals surface area contributed by atoms with Gasteiger partial charge in [0, 0.05) is 0 Å². The van der Waals surface area contributed by atoms with Crippen LogP contribution in [0.5, 0.6) is 0 Å². The summed E-state index contributed by atoms with van der Waals surface area (Å²) in [5.41, 5.74) is 4.69. The van der Waals surface area contributed by atoms with Gasteiger partial charge in [-0.2, -0.15) is 0 Å². The first-order chi connectivity index (χ1) is 5.90. The molecular formula is C7H14N2O3S. The van der Waals surface area contributed by atoms with E-state index in [0.29, 0.717) is 12.8 Å². The van der Waals surface area contributed by atoms with Crippen LogP contribution in [0.4, 0.5) is 0 Å². The third-order valence-corrected chi connectivity index (χ3v) is 3.58. The van der Waals surface area contributed by atoms with E-state index in [1.165, 1.54) is 6.92 Å². The Hall–Kier alpha value is -0.620. The monoisotopic (exact) mass is 206 g/mol. The minimum atomic E-state index is -3.46. The molecule has 1 saturated carbocycles. The molecule has 13 heavy (non-hydrogen) atoms. The molecule has 0 aliphatic heterocycles. The predicted molar refractivity (Wildman–Crippen MR) is 48.4 cm³/mol. The fraction of sp³-hybridized carbons (Fsp3) is 0.857. The van der Waals surface area contributed by atoms with Crippen LogP contribution in [-0.2, 0) is 14.8 Å². The van der Waals surface area contributed by atoms with Gasteiger partial charge in [-0.05, 0) is 26.2 Å². The molecule has 0 heterocycles. The maximum atomic E-state index is 11.3. The summed E-state index contributed by atoms with van der Waals surface area (Å²) in [6.07, 6.45) is 2.02. The topological polar surface area (TPSA) is 89.3 Å². The highest BCUT2D eigenvalue weighted by Gasteiger charge is 2.41. The molecule has 1 rings (SSSR count). The summed E-state index contributed by atoms with van der Waals surface area (Å²) in [5, 5.41) is 0. The van der Waals surface area contributed by atoms with Gasteiger partial charge in [0.2, 0.25) is 10.0 Å². The van der Waals surface area contributed by atoms with Crippen LogP contribution < -0.4 is 10.5 Å². The van der Waals surface area contributed by atoms with Crippen molar-refractivity contribution in [3.8, 4) is 0 Å². The first kappa shape index (κ1) is 10.5. The molecule has 1 amide bonds. The smallest absolute Gasteiger partial charge is 0.253 e. The molecule has 1 aliphatic rings. The molecular weight excluding hydrogens is 192 g/mol. The van der Waals surface area contributed by atoms with E-state index in [1.807, 2.05) is 4.72 Å². The molecule has 0 aromatic rings. The van der Waals surface area contributed by atoms with Gasteiger partial charge in [-0.3, -0.25) is 9.52 Å². The highest BCUT2D eigenvalue weighted by molar-refractivity contribution is 7.90. The number of hydrogen-bond donors (Lipinski definition) is 2. The Morgan fingerprint density at radius 2 is 2.08 bits per heavy atom. The Kier molecular flexibility index (Phi) is 2.63. The van der Waals surface area contributed by atoms with Crippen LogP contribution in [-0.4, -0.2) is 25.6 Å². The highest BCUT2D eigenvalue weighted by atomic mass is 32.2. The second kappa shape index (κ2) is 3.26. The normalized spacial score (nSPS) is 20.5. The van der Waals surface area contributed by atoms with Gasteiger partial charge in [-0.25, -0.2) is 8.42 Å². The molecule has 0 saturated heterocycles. The van der Waals surface area contributed by atoms with Crippen LogP contribution in [0.3, 0.4) is 0 Å². The van der Waals surface area contributed by atoms with E-state index in [2.05, 4.69) is 0 Å². The Morgan fingerprint density at radius 1 is 1.54 bits per heavy atom. The molecule has 6 heteroatoms.